The number of hydrogen-bond donors (Lipinski definition) is 0. The molecule has 0 spiro atoms. The minimum atomic E-state index is 0.758. The van der Waals surface area contributed by atoms with E-state index in [-0.39, 0.29) is 0 Å². The lowest BCUT2D eigenvalue weighted by atomic mass is 10.0. The van der Waals surface area contributed by atoms with E-state index < -0.39 is 0 Å². The summed E-state index contributed by atoms with van der Waals surface area (Å²) < 4.78 is 10.7. The number of hydrogen-bond acceptors (Lipinski definition) is 2. The van der Waals surface area contributed by atoms with Gasteiger partial charge in [0.1, 0.15) is 0 Å². The second kappa shape index (κ2) is 5.25. The van der Waals surface area contributed by atoms with Gasteiger partial charge in [0, 0.05) is 0 Å². The van der Waals surface area contributed by atoms with Gasteiger partial charge in [0.05, 0.1) is 14.2 Å². The fraction of sp³-hybridized carbons (Fsp3) is 0.111. The average Bonchev–Trinajstić information content (AvgIpc) is 2.89. The molecule has 0 fully saturated rings. The maximum absolute atomic E-state index is 5.38. The van der Waals surface area contributed by atoms with Crippen molar-refractivity contribution in [2.45, 2.75) is 0 Å². The Kier molecular flexibility index (Phi) is 3.30. The van der Waals surface area contributed by atoms with Crippen LogP contribution in [0.15, 0.2) is 48.5 Å². The summed E-state index contributed by atoms with van der Waals surface area (Å²) in [5, 5.41) is 0. The molecule has 2 aromatic rings. The normalized spacial score (nSPS) is 14.4. The van der Waals surface area contributed by atoms with Crippen LogP contribution < -0.4 is 9.47 Å². The van der Waals surface area contributed by atoms with Crippen LogP contribution in [0.4, 0.5) is 0 Å². The van der Waals surface area contributed by atoms with Crippen molar-refractivity contribution in [1.82, 2.24) is 0 Å². The third-order valence-electron chi connectivity index (χ3n) is 3.43. The summed E-state index contributed by atoms with van der Waals surface area (Å²) in [6, 6.07) is 14.3. The standard InChI is InChI=1S/C18H16O2/c1-19-17-11-15-9-8-14(16(15)12-18(17)20-2)10-13-6-4-3-5-7-13/h3-12H,1-2H3/b14-10+. The molecule has 2 heteroatoms. The van der Waals surface area contributed by atoms with Gasteiger partial charge in [0.15, 0.2) is 11.5 Å². The summed E-state index contributed by atoms with van der Waals surface area (Å²) in [7, 11) is 3.32. The predicted octanol–water partition coefficient (Wildman–Crippen LogP) is 4.27. The topological polar surface area (TPSA) is 18.5 Å². The van der Waals surface area contributed by atoms with Crippen LogP contribution >= 0.6 is 0 Å². The van der Waals surface area contributed by atoms with Crippen molar-refractivity contribution in [2.24, 2.45) is 0 Å². The molecule has 0 atom stereocenters. The molecule has 1 aliphatic rings. The Morgan fingerprint density at radius 1 is 0.850 bits per heavy atom. The van der Waals surface area contributed by atoms with Crippen LogP contribution in [0.3, 0.4) is 0 Å². The van der Waals surface area contributed by atoms with Crippen molar-refractivity contribution in [3.05, 3.63) is 65.2 Å². The highest BCUT2D eigenvalue weighted by Gasteiger charge is 2.15. The molecule has 1 aliphatic carbocycles. The molecule has 0 N–H and O–H groups in total. The second-order valence-electron chi connectivity index (χ2n) is 4.64. The van der Waals surface area contributed by atoms with Crippen molar-refractivity contribution in [1.29, 1.82) is 0 Å². The molecule has 0 aliphatic heterocycles. The lowest BCUT2D eigenvalue weighted by molar-refractivity contribution is 0.355. The van der Waals surface area contributed by atoms with Gasteiger partial charge in [0.25, 0.3) is 0 Å². The maximum atomic E-state index is 5.38. The van der Waals surface area contributed by atoms with E-state index in [0.29, 0.717) is 0 Å². The Morgan fingerprint density at radius 3 is 2.25 bits per heavy atom. The molecule has 3 rings (SSSR count). The fourth-order valence-electron chi connectivity index (χ4n) is 2.41. The van der Waals surface area contributed by atoms with E-state index in [1.807, 2.05) is 30.3 Å². The van der Waals surface area contributed by atoms with E-state index in [2.05, 4.69) is 30.4 Å². The first-order valence-corrected chi connectivity index (χ1v) is 6.53. The number of methoxy groups -OCH3 is 2. The van der Waals surface area contributed by atoms with Gasteiger partial charge in [-0.25, -0.2) is 0 Å². The van der Waals surface area contributed by atoms with Gasteiger partial charge in [-0.1, -0.05) is 42.5 Å². The molecule has 0 unspecified atom stereocenters. The zero-order valence-corrected chi connectivity index (χ0v) is 11.6. The van der Waals surface area contributed by atoms with Crippen molar-refractivity contribution >= 4 is 17.7 Å². The SMILES string of the molecule is COc1cc2c(cc1OC)/C(=C/c1ccccc1)C=C2. The minimum Gasteiger partial charge on any atom is -0.493 e. The highest BCUT2D eigenvalue weighted by molar-refractivity contribution is 5.98. The average molecular weight is 264 g/mol. The van der Waals surface area contributed by atoms with E-state index in [1.165, 1.54) is 16.7 Å². The van der Waals surface area contributed by atoms with Crippen molar-refractivity contribution < 1.29 is 9.47 Å². The molecule has 0 aromatic heterocycles. The molecule has 0 saturated heterocycles. The van der Waals surface area contributed by atoms with Crippen LogP contribution in [-0.4, -0.2) is 14.2 Å². The van der Waals surface area contributed by atoms with Gasteiger partial charge in [-0.2, -0.15) is 0 Å². The molecule has 0 saturated carbocycles. The van der Waals surface area contributed by atoms with Crippen molar-refractivity contribution in [3.63, 3.8) is 0 Å². The maximum Gasteiger partial charge on any atom is 0.161 e. The van der Waals surface area contributed by atoms with Crippen LogP contribution in [0.5, 0.6) is 11.5 Å². The zero-order valence-electron chi connectivity index (χ0n) is 11.6. The number of benzene rings is 2. The zero-order chi connectivity index (χ0) is 13.9. The lowest BCUT2D eigenvalue weighted by Gasteiger charge is -2.10. The lowest BCUT2D eigenvalue weighted by Crippen LogP contribution is -1.93. The largest absolute Gasteiger partial charge is 0.493 e. The minimum absolute atomic E-state index is 0.758. The molecule has 2 nitrogen and oxygen atoms in total. The van der Waals surface area contributed by atoms with Crippen LogP contribution in [0.1, 0.15) is 16.7 Å². The number of allylic oxidation sites excluding steroid dienone is 2. The van der Waals surface area contributed by atoms with E-state index in [1.54, 1.807) is 14.2 Å². The van der Waals surface area contributed by atoms with Crippen LogP contribution in [0, 0.1) is 0 Å². The highest BCUT2D eigenvalue weighted by Crippen LogP contribution is 2.38. The molecule has 20 heavy (non-hydrogen) atoms. The molecular formula is C18H16O2. The molecule has 0 radical (unpaired) electrons. The Labute approximate surface area is 119 Å². The summed E-state index contributed by atoms with van der Waals surface area (Å²) in [6.07, 6.45) is 6.40. The number of fused-ring (bicyclic) bond motifs is 1. The van der Waals surface area contributed by atoms with Crippen molar-refractivity contribution in [3.8, 4) is 11.5 Å². The first kappa shape index (κ1) is 12.5. The molecular weight excluding hydrogens is 248 g/mol. The number of rotatable bonds is 3. The third kappa shape index (κ3) is 2.21. The van der Waals surface area contributed by atoms with Crippen LogP contribution in [0.25, 0.3) is 17.7 Å². The number of ether oxygens (including phenoxy) is 2. The Hall–Kier alpha value is -2.48. The highest BCUT2D eigenvalue weighted by atomic mass is 16.5. The van der Waals surface area contributed by atoms with Gasteiger partial charge in [-0.05, 0) is 40.5 Å². The summed E-state index contributed by atoms with van der Waals surface area (Å²) in [6.45, 7) is 0. The summed E-state index contributed by atoms with van der Waals surface area (Å²) in [5.41, 5.74) is 4.71. The van der Waals surface area contributed by atoms with Gasteiger partial charge in [-0.3, -0.25) is 0 Å². The first-order chi connectivity index (χ1) is 9.81. The summed E-state index contributed by atoms with van der Waals surface area (Å²) in [4.78, 5) is 0. The fourth-order valence-corrected chi connectivity index (χ4v) is 2.41. The van der Waals surface area contributed by atoms with Crippen molar-refractivity contribution in [2.75, 3.05) is 14.2 Å². The summed E-state index contributed by atoms with van der Waals surface area (Å²) >= 11 is 0. The molecule has 0 amide bonds. The molecule has 0 heterocycles. The Balaban J connectivity index is 2.06. The molecule has 0 bridgehead atoms. The van der Waals surface area contributed by atoms with E-state index >= 15 is 0 Å². The second-order valence-corrected chi connectivity index (χ2v) is 4.64. The smallest absolute Gasteiger partial charge is 0.161 e. The van der Waals surface area contributed by atoms with E-state index in [9.17, 15) is 0 Å². The monoisotopic (exact) mass is 264 g/mol. The van der Waals surface area contributed by atoms with Crippen LogP contribution in [0.2, 0.25) is 0 Å². The van der Waals surface area contributed by atoms with Gasteiger partial charge >= 0.3 is 0 Å². The summed E-state index contributed by atoms with van der Waals surface area (Å²) in [5.74, 6) is 1.52. The quantitative estimate of drug-likeness (QED) is 0.824. The van der Waals surface area contributed by atoms with Gasteiger partial charge in [0.2, 0.25) is 0 Å². The van der Waals surface area contributed by atoms with E-state index in [0.717, 1.165) is 17.1 Å². The predicted molar refractivity (Wildman–Crippen MR) is 82.9 cm³/mol. The van der Waals surface area contributed by atoms with E-state index in [4.69, 9.17) is 9.47 Å². The molecule has 100 valence electrons. The third-order valence-corrected chi connectivity index (χ3v) is 3.43. The first-order valence-electron chi connectivity index (χ1n) is 6.53. The Bertz CT molecular complexity index is 682. The van der Waals surface area contributed by atoms with Gasteiger partial charge < -0.3 is 9.47 Å². The van der Waals surface area contributed by atoms with Crippen LogP contribution in [-0.2, 0) is 0 Å². The molecule has 2 aromatic carbocycles. The Morgan fingerprint density at radius 2 is 1.55 bits per heavy atom. The van der Waals surface area contributed by atoms with Gasteiger partial charge in [-0.15, -0.1) is 0 Å².